The summed E-state index contributed by atoms with van der Waals surface area (Å²) in [7, 11) is 0. The normalized spacial score (nSPS) is 22.5. The SMILES string of the molecule is CC1CC(Sc2nnnn2-c2ccccc2)C(=O)O1. The Kier molecular flexibility index (Phi) is 3.20. The van der Waals surface area contributed by atoms with Gasteiger partial charge in [0.15, 0.2) is 0 Å². The highest BCUT2D eigenvalue weighted by Crippen LogP contribution is 2.31. The highest BCUT2D eigenvalue weighted by Gasteiger charge is 2.34. The van der Waals surface area contributed by atoms with Gasteiger partial charge in [-0.05, 0) is 29.5 Å². The van der Waals surface area contributed by atoms with Crippen molar-refractivity contribution in [3.05, 3.63) is 30.3 Å². The molecule has 0 saturated carbocycles. The van der Waals surface area contributed by atoms with Crippen LogP contribution in [0.2, 0.25) is 0 Å². The minimum atomic E-state index is -0.233. The molecule has 1 saturated heterocycles. The maximum Gasteiger partial charge on any atom is 0.319 e. The summed E-state index contributed by atoms with van der Waals surface area (Å²) in [5.74, 6) is -0.194. The minimum absolute atomic E-state index is 0.0361. The molecule has 7 heteroatoms. The van der Waals surface area contributed by atoms with E-state index >= 15 is 0 Å². The molecule has 1 aliphatic rings. The lowest BCUT2D eigenvalue weighted by atomic mass is 10.3. The van der Waals surface area contributed by atoms with Gasteiger partial charge in [0.05, 0.1) is 5.69 Å². The van der Waals surface area contributed by atoms with Crippen LogP contribution in [-0.2, 0) is 9.53 Å². The van der Waals surface area contributed by atoms with E-state index in [0.29, 0.717) is 11.6 Å². The molecule has 0 spiro atoms. The van der Waals surface area contributed by atoms with Crippen LogP contribution in [0.5, 0.6) is 0 Å². The van der Waals surface area contributed by atoms with Gasteiger partial charge in [0.25, 0.3) is 0 Å². The number of ether oxygens (including phenoxy) is 1. The molecular weight excluding hydrogens is 264 g/mol. The number of hydrogen-bond donors (Lipinski definition) is 0. The number of rotatable bonds is 3. The third-order valence-electron chi connectivity index (χ3n) is 2.82. The number of para-hydroxylation sites is 1. The molecule has 2 unspecified atom stereocenters. The van der Waals surface area contributed by atoms with Gasteiger partial charge in [-0.25, -0.2) is 0 Å². The van der Waals surface area contributed by atoms with E-state index in [-0.39, 0.29) is 17.3 Å². The van der Waals surface area contributed by atoms with Crippen molar-refractivity contribution in [1.82, 2.24) is 20.2 Å². The number of benzene rings is 1. The lowest BCUT2D eigenvalue weighted by Crippen LogP contribution is -2.11. The number of aromatic nitrogens is 4. The zero-order valence-electron chi connectivity index (χ0n) is 10.3. The summed E-state index contributed by atoms with van der Waals surface area (Å²) >= 11 is 1.34. The third kappa shape index (κ3) is 2.46. The highest BCUT2D eigenvalue weighted by atomic mass is 32.2. The Morgan fingerprint density at radius 1 is 1.37 bits per heavy atom. The van der Waals surface area contributed by atoms with Crippen molar-refractivity contribution >= 4 is 17.7 Å². The standard InChI is InChI=1S/C12H12N4O2S/c1-8-7-10(11(17)18-8)19-12-13-14-15-16(12)9-5-3-2-4-6-9/h2-6,8,10H,7H2,1H3. The summed E-state index contributed by atoms with van der Waals surface area (Å²) in [5.41, 5.74) is 0.870. The number of tetrazole rings is 1. The van der Waals surface area contributed by atoms with Crippen LogP contribution < -0.4 is 0 Å². The Balaban J connectivity index is 1.83. The number of esters is 1. The van der Waals surface area contributed by atoms with Gasteiger partial charge in [0.2, 0.25) is 5.16 Å². The first-order valence-electron chi connectivity index (χ1n) is 5.95. The highest BCUT2D eigenvalue weighted by molar-refractivity contribution is 8.00. The molecule has 2 aromatic rings. The fourth-order valence-electron chi connectivity index (χ4n) is 1.93. The van der Waals surface area contributed by atoms with Crippen LogP contribution in [0.15, 0.2) is 35.5 Å². The predicted molar refractivity (Wildman–Crippen MR) is 69.0 cm³/mol. The lowest BCUT2D eigenvalue weighted by molar-refractivity contribution is -0.140. The molecule has 0 aliphatic carbocycles. The Bertz CT molecular complexity index is 586. The summed E-state index contributed by atoms with van der Waals surface area (Å²) in [6.45, 7) is 1.89. The van der Waals surface area contributed by atoms with Crippen LogP contribution in [0, 0.1) is 0 Å². The van der Waals surface area contributed by atoms with Crippen LogP contribution in [0.3, 0.4) is 0 Å². The largest absolute Gasteiger partial charge is 0.462 e. The second-order valence-corrected chi connectivity index (χ2v) is 5.47. The maximum absolute atomic E-state index is 11.6. The Hall–Kier alpha value is -1.89. The molecule has 2 atom stereocenters. The van der Waals surface area contributed by atoms with Gasteiger partial charge in [-0.2, -0.15) is 4.68 Å². The Morgan fingerprint density at radius 3 is 2.84 bits per heavy atom. The summed E-state index contributed by atoms with van der Waals surface area (Å²) in [6.07, 6.45) is 0.650. The molecule has 6 nitrogen and oxygen atoms in total. The monoisotopic (exact) mass is 276 g/mol. The summed E-state index contributed by atoms with van der Waals surface area (Å²) < 4.78 is 6.76. The van der Waals surface area contributed by atoms with Crippen LogP contribution in [0.1, 0.15) is 13.3 Å². The quantitative estimate of drug-likeness (QED) is 0.790. The molecule has 3 rings (SSSR count). The molecule has 19 heavy (non-hydrogen) atoms. The first-order chi connectivity index (χ1) is 9.24. The average molecular weight is 276 g/mol. The van der Waals surface area contributed by atoms with E-state index in [1.807, 2.05) is 37.3 Å². The minimum Gasteiger partial charge on any atom is -0.462 e. The molecule has 1 fully saturated rings. The first kappa shape index (κ1) is 12.2. The topological polar surface area (TPSA) is 69.9 Å². The lowest BCUT2D eigenvalue weighted by Gasteiger charge is -2.05. The van der Waals surface area contributed by atoms with Gasteiger partial charge in [0, 0.05) is 6.42 Å². The maximum atomic E-state index is 11.6. The Labute approximate surface area is 114 Å². The van der Waals surface area contributed by atoms with Gasteiger partial charge >= 0.3 is 5.97 Å². The molecule has 0 radical (unpaired) electrons. The van der Waals surface area contributed by atoms with Crippen molar-refractivity contribution in [2.24, 2.45) is 0 Å². The van der Waals surface area contributed by atoms with Crippen LogP contribution in [0.25, 0.3) is 5.69 Å². The van der Waals surface area contributed by atoms with Gasteiger partial charge in [-0.1, -0.05) is 30.0 Å². The van der Waals surface area contributed by atoms with Crippen molar-refractivity contribution in [1.29, 1.82) is 0 Å². The van der Waals surface area contributed by atoms with Crippen LogP contribution in [0.4, 0.5) is 0 Å². The molecule has 0 bridgehead atoms. The molecule has 1 aromatic heterocycles. The second-order valence-electron chi connectivity index (χ2n) is 4.30. The van der Waals surface area contributed by atoms with Crippen LogP contribution in [-0.4, -0.2) is 37.5 Å². The van der Waals surface area contributed by atoms with Crippen molar-refractivity contribution < 1.29 is 9.53 Å². The van der Waals surface area contributed by atoms with Crippen molar-refractivity contribution in [3.8, 4) is 5.69 Å². The summed E-state index contributed by atoms with van der Waals surface area (Å²) in [6, 6.07) is 9.58. The second kappa shape index (κ2) is 5.00. The smallest absolute Gasteiger partial charge is 0.319 e. The number of carbonyl (C=O) groups excluding carboxylic acids is 1. The van der Waals surface area contributed by atoms with E-state index < -0.39 is 0 Å². The molecular formula is C12H12N4O2S. The first-order valence-corrected chi connectivity index (χ1v) is 6.83. The average Bonchev–Trinajstić information content (AvgIpc) is 2.98. The molecule has 0 N–H and O–H groups in total. The number of hydrogen-bond acceptors (Lipinski definition) is 6. The van der Waals surface area contributed by atoms with Gasteiger partial charge in [-0.3, -0.25) is 4.79 Å². The van der Waals surface area contributed by atoms with E-state index in [0.717, 1.165) is 5.69 Å². The molecule has 98 valence electrons. The predicted octanol–water partition coefficient (Wildman–Crippen LogP) is 1.46. The van der Waals surface area contributed by atoms with E-state index in [1.54, 1.807) is 4.68 Å². The van der Waals surface area contributed by atoms with Crippen LogP contribution >= 0.6 is 11.8 Å². The van der Waals surface area contributed by atoms with Crippen molar-refractivity contribution in [3.63, 3.8) is 0 Å². The third-order valence-corrected chi connectivity index (χ3v) is 3.95. The number of thioether (sulfide) groups is 1. The fourth-order valence-corrected chi connectivity index (χ4v) is 3.03. The zero-order chi connectivity index (χ0) is 13.2. The van der Waals surface area contributed by atoms with E-state index in [4.69, 9.17) is 4.74 Å². The van der Waals surface area contributed by atoms with Gasteiger partial charge < -0.3 is 4.74 Å². The van der Waals surface area contributed by atoms with Crippen molar-refractivity contribution in [2.75, 3.05) is 0 Å². The molecule has 0 amide bonds. The van der Waals surface area contributed by atoms with E-state index in [9.17, 15) is 4.79 Å². The Morgan fingerprint density at radius 2 is 2.16 bits per heavy atom. The van der Waals surface area contributed by atoms with E-state index in [1.165, 1.54) is 11.8 Å². The fraction of sp³-hybridized carbons (Fsp3) is 0.333. The van der Waals surface area contributed by atoms with Crippen molar-refractivity contribution in [2.45, 2.75) is 29.9 Å². The molecule has 1 aromatic carbocycles. The number of carbonyl (C=O) groups is 1. The zero-order valence-corrected chi connectivity index (χ0v) is 11.1. The van der Waals surface area contributed by atoms with E-state index in [2.05, 4.69) is 15.5 Å². The van der Waals surface area contributed by atoms with Gasteiger partial charge in [-0.15, -0.1) is 5.10 Å². The summed E-state index contributed by atoms with van der Waals surface area (Å²) in [4.78, 5) is 11.6. The molecule has 1 aliphatic heterocycles. The van der Waals surface area contributed by atoms with Gasteiger partial charge in [0.1, 0.15) is 11.4 Å². The number of nitrogens with zero attached hydrogens (tertiary/aromatic N) is 4. The number of cyclic esters (lactones) is 1. The molecule has 2 heterocycles. The summed E-state index contributed by atoms with van der Waals surface area (Å²) in [5, 5.41) is 12.0.